The Kier molecular flexibility index (Phi) is 3.19. The molecule has 0 saturated carbocycles. The molecule has 0 N–H and O–H groups in total. The van der Waals surface area contributed by atoms with Gasteiger partial charge in [-0.15, -0.1) is 0 Å². The van der Waals surface area contributed by atoms with Crippen LogP contribution in [0.1, 0.15) is 12.5 Å². The molecule has 0 spiro atoms. The molecular formula is C9H8BrNO2. The lowest BCUT2D eigenvalue weighted by atomic mass is 10.2. The smallest absolute Gasteiger partial charge is 0.258 e. The Morgan fingerprint density at radius 3 is 2.38 bits per heavy atom. The van der Waals surface area contributed by atoms with Gasteiger partial charge in [-0.3, -0.25) is 10.1 Å². The number of halogens is 1. The number of benzene rings is 1. The largest absolute Gasteiger partial charge is 0.269 e. The SMILES string of the molecule is CC(Br)=Cc1ccc([N+](=O)[O-])cc1. The van der Waals surface area contributed by atoms with E-state index in [0.29, 0.717) is 0 Å². The molecule has 4 heteroatoms. The van der Waals surface area contributed by atoms with Crippen molar-refractivity contribution >= 4 is 27.7 Å². The Balaban J connectivity index is 2.94. The number of nitro benzene ring substituents is 1. The molecule has 0 aliphatic carbocycles. The van der Waals surface area contributed by atoms with Crippen molar-refractivity contribution in [3.05, 3.63) is 44.4 Å². The van der Waals surface area contributed by atoms with Crippen molar-refractivity contribution < 1.29 is 4.92 Å². The molecule has 0 radical (unpaired) electrons. The Morgan fingerprint density at radius 1 is 1.46 bits per heavy atom. The van der Waals surface area contributed by atoms with Gasteiger partial charge in [0, 0.05) is 12.1 Å². The van der Waals surface area contributed by atoms with Crippen LogP contribution in [0.5, 0.6) is 0 Å². The minimum Gasteiger partial charge on any atom is -0.258 e. The van der Waals surface area contributed by atoms with Crippen LogP contribution in [0.25, 0.3) is 6.08 Å². The van der Waals surface area contributed by atoms with Gasteiger partial charge >= 0.3 is 0 Å². The molecule has 3 nitrogen and oxygen atoms in total. The lowest BCUT2D eigenvalue weighted by molar-refractivity contribution is -0.384. The molecule has 0 heterocycles. The first-order valence-corrected chi connectivity index (χ1v) is 4.47. The second kappa shape index (κ2) is 4.18. The van der Waals surface area contributed by atoms with E-state index in [4.69, 9.17) is 0 Å². The summed E-state index contributed by atoms with van der Waals surface area (Å²) in [7, 11) is 0. The molecule has 0 unspecified atom stereocenters. The molecule has 0 saturated heterocycles. The van der Waals surface area contributed by atoms with Crippen molar-refractivity contribution in [2.75, 3.05) is 0 Å². The van der Waals surface area contributed by atoms with Crippen molar-refractivity contribution in [2.45, 2.75) is 6.92 Å². The Hall–Kier alpha value is -1.16. The van der Waals surface area contributed by atoms with Gasteiger partial charge < -0.3 is 0 Å². The van der Waals surface area contributed by atoms with Crippen LogP contribution >= 0.6 is 15.9 Å². The number of hydrogen-bond acceptors (Lipinski definition) is 2. The number of non-ortho nitro benzene ring substituents is 1. The van der Waals surface area contributed by atoms with Gasteiger partial charge in [0.1, 0.15) is 0 Å². The van der Waals surface area contributed by atoms with E-state index in [-0.39, 0.29) is 5.69 Å². The third-order valence-electron chi connectivity index (χ3n) is 1.47. The fraction of sp³-hybridized carbons (Fsp3) is 0.111. The van der Waals surface area contributed by atoms with Crippen LogP contribution in [0.2, 0.25) is 0 Å². The van der Waals surface area contributed by atoms with Crippen molar-refractivity contribution in [1.82, 2.24) is 0 Å². The van der Waals surface area contributed by atoms with Gasteiger partial charge in [0.05, 0.1) is 4.92 Å². The van der Waals surface area contributed by atoms with Crippen LogP contribution in [-0.2, 0) is 0 Å². The molecule has 0 fully saturated rings. The van der Waals surface area contributed by atoms with Crippen LogP contribution < -0.4 is 0 Å². The number of rotatable bonds is 2. The van der Waals surface area contributed by atoms with Crippen LogP contribution in [0, 0.1) is 10.1 Å². The monoisotopic (exact) mass is 241 g/mol. The maximum absolute atomic E-state index is 10.3. The van der Waals surface area contributed by atoms with Crippen molar-refractivity contribution in [3.8, 4) is 0 Å². The minimum atomic E-state index is -0.408. The third kappa shape index (κ3) is 2.99. The zero-order valence-corrected chi connectivity index (χ0v) is 8.61. The van der Waals surface area contributed by atoms with Gasteiger partial charge in [-0.05, 0) is 35.2 Å². The number of nitro groups is 1. The first-order valence-electron chi connectivity index (χ1n) is 3.68. The normalized spacial score (nSPS) is 11.4. The number of hydrogen-bond donors (Lipinski definition) is 0. The zero-order chi connectivity index (χ0) is 9.84. The summed E-state index contributed by atoms with van der Waals surface area (Å²) in [6.07, 6.45) is 1.89. The number of nitrogens with zero attached hydrogens (tertiary/aromatic N) is 1. The highest BCUT2D eigenvalue weighted by Crippen LogP contribution is 2.15. The lowest BCUT2D eigenvalue weighted by Crippen LogP contribution is -1.86. The maximum atomic E-state index is 10.3. The van der Waals surface area contributed by atoms with E-state index in [2.05, 4.69) is 15.9 Å². The van der Waals surface area contributed by atoms with Gasteiger partial charge in [-0.2, -0.15) is 0 Å². The molecule has 68 valence electrons. The number of allylic oxidation sites excluding steroid dienone is 1. The Bertz CT molecular complexity index is 339. The standard InChI is InChI=1S/C9H8BrNO2/c1-7(10)6-8-2-4-9(5-3-8)11(12)13/h2-6H,1H3. The quantitative estimate of drug-likeness (QED) is 0.589. The zero-order valence-electron chi connectivity index (χ0n) is 7.03. The van der Waals surface area contributed by atoms with Crippen molar-refractivity contribution in [2.24, 2.45) is 0 Å². The predicted octanol–water partition coefficient (Wildman–Crippen LogP) is 3.35. The summed E-state index contributed by atoms with van der Waals surface area (Å²) in [4.78, 5) is 9.91. The molecule has 0 aliphatic rings. The van der Waals surface area contributed by atoms with E-state index in [1.807, 2.05) is 13.0 Å². The molecule has 0 bridgehead atoms. The van der Waals surface area contributed by atoms with E-state index < -0.39 is 4.92 Å². The molecule has 13 heavy (non-hydrogen) atoms. The second-order valence-electron chi connectivity index (χ2n) is 2.58. The molecule has 0 aromatic heterocycles. The summed E-state index contributed by atoms with van der Waals surface area (Å²) in [5, 5.41) is 10.3. The molecule has 0 atom stereocenters. The maximum Gasteiger partial charge on any atom is 0.269 e. The minimum absolute atomic E-state index is 0.115. The molecule has 1 aromatic rings. The Morgan fingerprint density at radius 2 is 2.00 bits per heavy atom. The van der Waals surface area contributed by atoms with Gasteiger partial charge in [0.25, 0.3) is 5.69 Å². The summed E-state index contributed by atoms with van der Waals surface area (Å²) in [5.41, 5.74) is 1.06. The molecular weight excluding hydrogens is 234 g/mol. The third-order valence-corrected chi connectivity index (χ3v) is 1.70. The summed E-state index contributed by atoms with van der Waals surface area (Å²) in [5.74, 6) is 0. The molecule has 0 amide bonds. The topological polar surface area (TPSA) is 43.1 Å². The van der Waals surface area contributed by atoms with Gasteiger partial charge in [0.15, 0.2) is 0 Å². The van der Waals surface area contributed by atoms with Gasteiger partial charge in [0.2, 0.25) is 0 Å². The summed E-state index contributed by atoms with van der Waals surface area (Å²) in [6, 6.07) is 6.40. The van der Waals surface area contributed by atoms with Crippen LogP contribution in [-0.4, -0.2) is 4.92 Å². The first-order chi connectivity index (χ1) is 6.09. The van der Waals surface area contributed by atoms with Crippen LogP contribution in [0.4, 0.5) is 5.69 Å². The fourth-order valence-electron chi connectivity index (χ4n) is 0.922. The van der Waals surface area contributed by atoms with E-state index in [9.17, 15) is 10.1 Å². The van der Waals surface area contributed by atoms with E-state index in [1.165, 1.54) is 12.1 Å². The Labute approximate surface area is 84.4 Å². The average Bonchev–Trinajstić information content (AvgIpc) is 2.04. The second-order valence-corrected chi connectivity index (χ2v) is 3.83. The summed E-state index contributed by atoms with van der Waals surface area (Å²) in [6.45, 7) is 1.90. The van der Waals surface area contributed by atoms with Gasteiger partial charge in [-0.25, -0.2) is 0 Å². The van der Waals surface area contributed by atoms with E-state index in [0.717, 1.165) is 10.0 Å². The van der Waals surface area contributed by atoms with Gasteiger partial charge in [-0.1, -0.05) is 15.9 Å². The van der Waals surface area contributed by atoms with Crippen LogP contribution in [0.3, 0.4) is 0 Å². The predicted molar refractivity (Wildman–Crippen MR) is 55.7 cm³/mol. The summed E-state index contributed by atoms with van der Waals surface area (Å²) < 4.78 is 0.987. The van der Waals surface area contributed by atoms with E-state index in [1.54, 1.807) is 12.1 Å². The average molecular weight is 242 g/mol. The lowest BCUT2D eigenvalue weighted by Gasteiger charge is -1.93. The molecule has 1 rings (SSSR count). The first kappa shape index (κ1) is 9.92. The highest BCUT2D eigenvalue weighted by atomic mass is 79.9. The molecule has 1 aromatic carbocycles. The van der Waals surface area contributed by atoms with Crippen molar-refractivity contribution in [1.29, 1.82) is 0 Å². The van der Waals surface area contributed by atoms with Crippen molar-refractivity contribution in [3.63, 3.8) is 0 Å². The molecule has 0 aliphatic heterocycles. The van der Waals surface area contributed by atoms with E-state index >= 15 is 0 Å². The fourth-order valence-corrected chi connectivity index (χ4v) is 1.19. The summed E-state index contributed by atoms with van der Waals surface area (Å²) >= 11 is 3.29. The highest BCUT2D eigenvalue weighted by molar-refractivity contribution is 9.11. The van der Waals surface area contributed by atoms with Crippen LogP contribution in [0.15, 0.2) is 28.7 Å². The highest BCUT2D eigenvalue weighted by Gasteiger charge is 2.02.